The number of rotatable bonds is 11. The second kappa shape index (κ2) is 12.8. The van der Waals surface area contributed by atoms with Crippen LogP contribution in [0.5, 0.6) is 0 Å². The van der Waals surface area contributed by atoms with E-state index in [0.29, 0.717) is 22.2 Å². The van der Waals surface area contributed by atoms with Crippen molar-refractivity contribution >= 4 is 50.7 Å². The third-order valence-electron chi connectivity index (χ3n) is 5.42. The number of benzene rings is 2. The van der Waals surface area contributed by atoms with Crippen LogP contribution in [0.3, 0.4) is 0 Å². The average Bonchev–Trinajstić information content (AvgIpc) is 2.77. The highest BCUT2D eigenvalue weighted by Gasteiger charge is 2.30. The number of nitrogens with one attached hydrogen (secondary N) is 1. The highest BCUT2D eigenvalue weighted by molar-refractivity contribution is 7.92. The van der Waals surface area contributed by atoms with Gasteiger partial charge in [0.15, 0.2) is 0 Å². The van der Waals surface area contributed by atoms with Crippen molar-refractivity contribution in [3.05, 3.63) is 64.1 Å². The minimum absolute atomic E-state index is 0.0689. The Balaban J connectivity index is 2.25. The van der Waals surface area contributed by atoms with Crippen molar-refractivity contribution in [3.8, 4) is 0 Å². The first kappa shape index (κ1) is 29.9. The van der Waals surface area contributed by atoms with Crippen molar-refractivity contribution in [1.29, 1.82) is 0 Å². The summed E-state index contributed by atoms with van der Waals surface area (Å²) in [6, 6.07) is 13.2. The standard InChI is InChI=1S/C26H35Cl2N3O4S/c1-6-23(25(33)29-26(2,3)4)30(18-19-14-15-21(27)22(28)17-19)24(32)13-10-16-31(36(5,34)35)20-11-8-7-9-12-20/h7-9,11-12,14-15,17,23H,6,10,13,16,18H2,1-5H3,(H,29,33)/t23-/m1/s1. The third kappa shape index (κ3) is 8.98. The zero-order valence-electron chi connectivity index (χ0n) is 21.4. The number of sulfonamides is 1. The Morgan fingerprint density at radius 3 is 2.19 bits per heavy atom. The van der Waals surface area contributed by atoms with Gasteiger partial charge in [0.1, 0.15) is 6.04 Å². The van der Waals surface area contributed by atoms with Crippen LogP contribution < -0.4 is 9.62 Å². The summed E-state index contributed by atoms with van der Waals surface area (Å²) in [6.45, 7) is 7.80. The van der Waals surface area contributed by atoms with Gasteiger partial charge in [-0.2, -0.15) is 0 Å². The second-order valence-electron chi connectivity index (χ2n) is 9.71. The molecule has 2 aromatic carbocycles. The quantitative estimate of drug-likeness (QED) is 0.409. The zero-order valence-corrected chi connectivity index (χ0v) is 23.8. The Morgan fingerprint density at radius 2 is 1.67 bits per heavy atom. The second-order valence-corrected chi connectivity index (χ2v) is 12.4. The highest BCUT2D eigenvalue weighted by atomic mass is 35.5. The van der Waals surface area contributed by atoms with Crippen LogP contribution >= 0.6 is 23.2 Å². The number of carbonyl (C=O) groups is 2. The smallest absolute Gasteiger partial charge is 0.243 e. The van der Waals surface area contributed by atoms with Gasteiger partial charge in [-0.3, -0.25) is 13.9 Å². The molecule has 0 heterocycles. The summed E-state index contributed by atoms with van der Waals surface area (Å²) in [5, 5.41) is 3.72. The summed E-state index contributed by atoms with van der Waals surface area (Å²) in [5.74, 6) is -0.501. The fraction of sp³-hybridized carbons (Fsp3) is 0.462. The van der Waals surface area contributed by atoms with E-state index in [1.807, 2.05) is 33.8 Å². The van der Waals surface area contributed by atoms with E-state index < -0.39 is 21.6 Å². The first-order valence-electron chi connectivity index (χ1n) is 11.8. The molecule has 0 saturated heterocycles. The maximum absolute atomic E-state index is 13.5. The summed E-state index contributed by atoms with van der Waals surface area (Å²) in [7, 11) is -3.53. The van der Waals surface area contributed by atoms with E-state index in [4.69, 9.17) is 23.2 Å². The predicted molar refractivity (Wildman–Crippen MR) is 147 cm³/mol. The molecule has 0 radical (unpaired) electrons. The molecule has 0 spiro atoms. The lowest BCUT2D eigenvalue weighted by Crippen LogP contribution is -2.53. The number of nitrogens with zero attached hydrogens (tertiary/aromatic N) is 2. The molecule has 1 atom stereocenters. The van der Waals surface area contributed by atoms with Gasteiger partial charge in [-0.15, -0.1) is 0 Å². The van der Waals surface area contributed by atoms with Crippen molar-refractivity contribution < 1.29 is 18.0 Å². The molecule has 0 aliphatic rings. The number of hydrogen-bond acceptors (Lipinski definition) is 4. The maximum Gasteiger partial charge on any atom is 0.243 e. The SMILES string of the molecule is CC[C@H](C(=O)NC(C)(C)C)N(Cc1ccc(Cl)c(Cl)c1)C(=O)CCCN(c1ccccc1)S(C)(=O)=O. The van der Waals surface area contributed by atoms with Gasteiger partial charge in [0.05, 0.1) is 22.0 Å². The predicted octanol–water partition coefficient (Wildman–Crippen LogP) is 5.26. The van der Waals surface area contributed by atoms with Crippen LogP contribution in [0, 0.1) is 0 Å². The Bertz CT molecular complexity index is 1150. The van der Waals surface area contributed by atoms with E-state index in [1.54, 1.807) is 42.5 Å². The highest BCUT2D eigenvalue weighted by Crippen LogP contribution is 2.25. The van der Waals surface area contributed by atoms with Gasteiger partial charge in [0.25, 0.3) is 0 Å². The average molecular weight is 557 g/mol. The molecular weight excluding hydrogens is 521 g/mol. The normalized spacial score (nSPS) is 12.6. The Kier molecular flexibility index (Phi) is 10.6. The van der Waals surface area contributed by atoms with E-state index >= 15 is 0 Å². The van der Waals surface area contributed by atoms with Gasteiger partial charge in [0.2, 0.25) is 21.8 Å². The molecule has 0 bridgehead atoms. The van der Waals surface area contributed by atoms with Crippen LogP contribution in [-0.4, -0.2) is 49.5 Å². The number of anilines is 1. The van der Waals surface area contributed by atoms with Gasteiger partial charge in [-0.05, 0) is 63.4 Å². The molecule has 2 amide bonds. The minimum atomic E-state index is -3.53. The molecule has 2 rings (SSSR count). The minimum Gasteiger partial charge on any atom is -0.350 e. The molecule has 1 N–H and O–H groups in total. The molecule has 0 aromatic heterocycles. The summed E-state index contributed by atoms with van der Waals surface area (Å²) < 4.78 is 26.0. The van der Waals surface area contributed by atoms with Crippen LogP contribution in [0.2, 0.25) is 10.0 Å². The lowest BCUT2D eigenvalue weighted by molar-refractivity contribution is -0.142. The summed E-state index contributed by atoms with van der Waals surface area (Å²) >= 11 is 12.2. The van der Waals surface area contributed by atoms with Gasteiger partial charge >= 0.3 is 0 Å². The summed E-state index contributed by atoms with van der Waals surface area (Å²) in [4.78, 5) is 28.1. The number of para-hydroxylation sites is 1. The molecule has 7 nitrogen and oxygen atoms in total. The number of amides is 2. The van der Waals surface area contributed by atoms with Crippen LogP contribution in [0.15, 0.2) is 48.5 Å². The van der Waals surface area contributed by atoms with Gasteiger partial charge < -0.3 is 10.2 Å². The summed E-state index contributed by atoms with van der Waals surface area (Å²) in [5.41, 5.74) is 0.812. The van der Waals surface area contributed by atoms with Crippen molar-refractivity contribution in [2.24, 2.45) is 0 Å². The first-order chi connectivity index (χ1) is 16.7. The topological polar surface area (TPSA) is 86.8 Å². The molecule has 2 aromatic rings. The van der Waals surface area contributed by atoms with Crippen LogP contribution in [0.25, 0.3) is 0 Å². The fourth-order valence-corrected chi connectivity index (χ4v) is 5.09. The molecule has 0 unspecified atom stereocenters. The van der Waals surface area contributed by atoms with Gasteiger partial charge in [0, 0.05) is 25.0 Å². The number of carbonyl (C=O) groups excluding carboxylic acids is 2. The molecule has 10 heteroatoms. The molecule has 0 aliphatic carbocycles. The number of halogens is 2. The molecule has 0 aliphatic heterocycles. The Morgan fingerprint density at radius 1 is 1.03 bits per heavy atom. The van der Waals surface area contributed by atoms with Crippen LogP contribution in [-0.2, 0) is 26.2 Å². The number of hydrogen-bond donors (Lipinski definition) is 1. The van der Waals surface area contributed by atoms with Crippen molar-refractivity contribution in [2.45, 2.75) is 65.1 Å². The largest absolute Gasteiger partial charge is 0.350 e. The monoisotopic (exact) mass is 555 g/mol. The lowest BCUT2D eigenvalue weighted by Gasteiger charge is -2.33. The van der Waals surface area contributed by atoms with E-state index in [9.17, 15) is 18.0 Å². The van der Waals surface area contributed by atoms with E-state index in [1.165, 1.54) is 9.21 Å². The third-order valence-corrected chi connectivity index (χ3v) is 7.35. The first-order valence-corrected chi connectivity index (χ1v) is 14.4. The van der Waals surface area contributed by atoms with Crippen LogP contribution in [0.4, 0.5) is 5.69 Å². The van der Waals surface area contributed by atoms with E-state index in [2.05, 4.69) is 5.32 Å². The lowest BCUT2D eigenvalue weighted by atomic mass is 10.0. The maximum atomic E-state index is 13.5. The van der Waals surface area contributed by atoms with Crippen molar-refractivity contribution in [1.82, 2.24) is 10.2 Å². The van der Waals surface area contributed by atoms with E-state index in [0.717, 1.165) is 11.8 Å². The molecule has 36 heavy (non-hydrogen) atoms. The van der Waals surface area contributed by atoms with Crippen molar-refractivity contribution in [2.75, 3.05) is 17.1 Å². The van der Waals surface area contributed by atoms with Crippen molar-refractivity contribution in [3.63, 3.8) is 0 Å². The fourth-order valence-electron chi connectivity index (χ4n) is 3.81. The molecule has 0 saturated carbocycles. The van der Waals surface area contributed by atoms with Crippen LogP contribution in [0.1, 0.15) is 52.5 Å². The summed E-state index contributed by atoms with van der Waals surface area (Å²) in [6.07, 6.45) is 1.91. The zero-order chi connectivity index (χ0) is 27.1. The van der Waals surface area contributed by atoms with Gasteiger partial charge in [-0.25, -0.2) is 8.42 Å². The van der Waals surface area contributed by atoms with Gasteiger partial charge in [-0.1, -0.05) is 54.4 Å². The Labute approximate surface area is 224 Å². The molecule has 198 valence electrons. The van der Waals surface area contributed by atoms with E-state index in [-0.39, 0.29) is 37.7 Å². The molecular formula is C26H35Cl2N3O4S. The Hall–Kier alpha value is -2.29. The molecule has 0 fully saturated rings.